The number of ether oxygens (including phenoxy) is 1. The number of benzene rings is 1. The van der Waals surface area contributed by atoms with E-state index >= 15 is 0 Å². The van der Waals surface area contributed by atoms with Gasteiger partial charge >= 0.3 is 0 Å². The molecule has 2 atom stereocenters. The molecule has 0 amide bonds. The van der Waals surface area contributed by atoms with Crippen LogP contribution in [-0.2, 0) is 0 Å². The van der Waals surface area contributed by atoms with Gasteiger partial charge in [-0.25, -0.2) is 0 Å². The second kappa shape index (κ2) is 5.54. The van der Waals surface area contributed by atoms with Gasteiger partial charge in [-0.1, -0.05) is 26.0 Å². The zero-order valence-corrected chi connectivity index (χ0v) is 11.1. The van der Waals surface area contributed by atoms with Crippen molar-refractivity contribution in [3.05, 3.63) is 29.8 Å². The monoisotopic (exact) mass is 233 g/mol. The Morgan fingerprint density at radius 2 is 2.18 bits per heavy atom. The summed E-state index contributed by atoms with van der Waals surface area (Å²) < 4.78 is 5.31. The Morgan fingerprint density at radius 1 is 1.35 bits per heavy atom. The lowest BCUT2D eigenvalue weighted by Crippen LogP contribution is -2.21. The molecular weight excluding hydrogens is 210 g/mol. The molecule has 1 aliphatic heterocycles. The Bertz CT molecular complexity index is 364. The third kappa shape index (κ3) is 2.81. The van der Waals surface area contributed by atoms with Gasteiger partial charge in [0.1, 0.15) is 5.75 Å². The van der Waals surface area contributed by atoms with Crippen LogP contribution in [0.1, 0.15) is 31.7 Å². The average Bonchev–Trinajstić information content (AvgIpc) is 2.71. The van der Waals surface area contributed by atoms with Gasteiger partial charge in [-0.2, -0.15) is 0 Å². The van der Waals surface area contributed by atoms with E-state index in [0.717, 1.165) is 11.7 Å². The minimum absolute atomic E-state index is 0.664. The van der Waals surface area contributed by atoms with Gasteiger partial charge in [0.15, 0.2) is 0 Å². The van der Waals surface area contributed by atoms with Gasteiger partial charge in [0.25, 0.3) is 0 Å². The third-order valence-corrected chi connectivity index (χ3v) is 3.75. The van der Waals surface area contributed by atoms with E-state index < -0.39 is 0 Å². The summed E-state index contributed by atoms with van der Waals surface area (Å²) in [6, 6.07) is 8.55. The van der Waals surface area contributed by atoms with E-state index in [1.54, 1.807) is 7.11 Å². The Labute approximate surface area is 105 Å². The quantitative estimate of drug-likeness (QED) is 0.792. The minimum atomic E-state index is 0.664. The molecule has 17 heavy (non-hydrogen) atoms. The van der Waals surface area contributed by atoms with Crippen LogP contribution in [0.5, 0.6) is 5.75 Å². The van der Waals surface area contributed by atoms with Crippen LogP contribution in [0.15, 0.2) is 24.3 Å². The van der Waals surface area contributed by atoms with Crippen molar-refractivity contribution >= 4 is 0 Å². The molecule has 2 unspecified atom stereocenters. The van der Waals surface area contributed by atoms with E-state index in [2.05, 4.69) is 36.9 Å². The summed E-state index contributed by atoms with van der Waals surface area (Å²) in [6.07, 6.45) is 1.25. The van der Waals surface area contributed by atoms with E-state index in [1.165, 1.54) is 31.6 Å². The third-order valence-electron chi connectivity index (χ3n) is 3.75. The fraction of sp³-hybridized carbons (Fsp3) is 0.600. The zero-order valence-electron chi connectivity index (χ0n) is 11.1. The van der Waals surface area contributed by atoms with Crippen molar-refractivity contribution in [1.29, 1.82) is 0 Å². The topological polar surface area (TPSA) is 12.5 Å². The van der Waals surface area contributed by atoms with Crippen LogP contribution in [0.3, 0.4) is 0 Å². The van der Waals surface area contributed by atoms with Crippen molar-refractivity contribution in [1.82, 2.24) is 4.90 Å². The molecule has 0 aliphatic carbocycles. The fourth-order valence-corrected chi connectivity index (χ4v) is 2.87. The van der Waals surface area contributed by atoms with E-state index in [0.29, 0.717) is 5.92 Å². The molecule has 1 aromatic carbocycles. The highest BCUT2D eigenvalue weighted by Crippen LogP contribution is 2.33. The number of hydrogen-bond donors (Lipinski definition) is 0. The summed E-state index contributed by atoms with van der Waals surface area (Å²) >= 11 is 0. The normalized spacial score (nSPS) is 25.1. The Kier molecular flexibility index (Phi) is 4.06. The van der Waals surface area contributed by atoms with Crippen molar-refractivity contribution < 1.29 is 4.74 Å². The predicted octanol–water partition coefficient (Wildman–Crippen LogP) is 3.14. The van der Waals surface area contributed by atoms with Crippen LogP contribution in [0.2, 0.25) is 0 Å². The molecule has 2 nitrogen and oxygen atoms in total. The molecule has 0 radical (unpaired) electrons. The van der Waals surface area contributed by atoms with Crippen molar-refractivity contribution in [2.45, 2.75) is 26.2 Å². The molecule has 1 saturated heterocycles. The van der Waals surface area contributed by atoms with Crippen LogP contribution < -0.4 is 4.74 Å². The van der Waals surface area contributed by atoms with Crippen LogP contribution in [0.25, 0.3) is 0 Å². The van der Waals surface area contributed by atoms with Crippen LogP contribution in [0.4, 0.5) is 0 Å². The predicted molar refractivity (Wildman–Crippen MR) is 71.6 cm³/mol. The van der Waals surface area contributed by atoms with Crippen molar-refractivity contribution in [2.24, 2.45) is 5.92 Å². The molecule has 0 saturated carbocycles. The number of nitrogens with zero attached hydrogens (tertiary/aromatic N) is 1. The lowest BCUT2D eigenvalue weighted by Gasteiger charge is -2.16. The Hall–Kier alpha value is -1.02. The Morgan fingerprint density at radius 3 is 2.88 bits per heavy atom. The number of methoxy groups -OCH3 is 1. The first-order chi connectivity index (χ1) is 8.24. The summed E-state index contributed by atoms with van der Waals surface area (Å²) in [4.78, 5) is 2.58. The first kappa shape index (κ1) is 12.4. The smallest absolute Gasteiger partial charge is 0.119 e. The van der Waals surface area contributed by atoms with Gasteiger partial charge in [0.05, 0.1) is 7.11 Å². The summed E-state index contributed by atoms with van der Waals surface area (Å²) in [7, 11) is 1.74. The van der Waals surface area contributed by atoms with Gasteiger partial charge in [-0.05, 0) is 36.6 Å². The minimum Gasteiger partial charge on any atom is -0.497 e. The van der Waals surface area contributed by atoms with Crippen molar-refractivity contribution in [2.75, 3.05) is 26.7 Å². The molecule has 0 aromatic heterocycles. The van der Waals surface area contributed by atoms with Gasteiger partial charge in [0, 0.05) is 19.0 Å². The molecule has 94 valence electrons. The second-order valence-electron chi connectivity index (χ2n) is 5.12. The van der Waals surface area contributed by atoms with E-state index in [9.17, 15) is 0 Å². The molecular formula is C15H23NO. The number of rotatable bonds is 4. The van der Waals surface area contributed by atoms with Crippen LogP contribution in [0, 0.1) is 5.92 Å². The highest BCUT2D eigenvalue weighted by Gasteiger charge is 2.30. The average molecular weight is 233 g/mol. The number of likely N-dealkylation sites (tertiary alicyclic amines) is 1. The van der Waals surface area contributed by atoms with E-state index in [1.807, 2.05) is 6.07 Å². The maximum absolute atomic E-state index is 5.31. The van der Waals surface area contributed by atoms with Gasteiger partial charge in [-0.15, -0.1) is 0 Å². The summed E-state index contributed by atoms with van der Waals surface area (Å²) in [6.45, 7) is 8.27. The molecule has 1 aliphatic rings. The first-order valence-electron chi connectivity index (χ1n) is 6.61. The van der Waals surface area contributed by atoms with Gasteiger partial charge in [0.2, 0.25) is 0 Å². The highest BCUT2D eigenvalue weighted by molar-refractivity contribution is 5.32. The lowest BCUT2D eigenvalue weighted by molar-refractivity contribution is 0.327. The summed E-state index contributed by atoms with van der Waals surface area (Å²) in [5.41, 5.74) is 1.43. The molecule has 0 N–H and O–H groups in total. The molecule has 0 spiro atoms. The summed E-state index contributed by atoms with van der Waals surface area (Å²) in [5.74, 6) is 2.38. The first-order valence-corrected chi connectivity index (χ1v) is 6.61. The highest BCUT2D eigenvalue weighted by atomic mass is 16.5. The second-order valence-corrected chi connectivity index (χ2v) is 5.12. The van der Waals surface area contributed by atoms with Crippen molar-refractivity contribution in [3.63, 3.8) is 0 Å². The lowest BCUT2D eigenvalue weighted by atomic mass is 9.90. The largest absolute Gasteiger partial charge is 0.497 e. The van der Waals surface area contributed by atoms with Crippen molar-refractivity contribution in [3.8, 4) is 5.75 Å². The molecule has 2 rings (SSSR count). The summed E-state index contributed by atoms with van der Waals surface area (Å²) in [5, 5.41) is 0. The maximum atomic E-state index is 5.31. The molecule has 1 heterocycles. The Balaban J connectivity index is 2.11. The molecule has 2 heteroatoms. The van der Waals surface area contributed by atoms with Crippen LogP contribution >= 0.6 is 0 Å². The number of hydrogen-bond acceptors (Lipinski definition) is 2. The SMILES string of the molecule is CCCN1CC(C)C(c2cccc(OC)c2)C1. The van der Waals surface area contributed by atoms with E-state index in [4.69, 9.17) is 4.74 Å². The maximum Gasteiger partial charge on any atom is 0.119 e. The van der Waals surface area contributed by atoms with Gasteiger partial charge in [-0.3, -0.25) is 0 Å². The fourth-order valence-electron chi connectivity index (χ4n) is 2.87. The zero-order chi connectivity index (χ0) is 12.3. The molecule has 1 fully saturated rings. The van der Waals surface area contributed by atoms with E-state index in [-0.39, 0.29) is 0 Å². The molecule has 0 bridgehead atoms. The molecule has 1 aromatic rings. The van der Waals surface area contributed by atoms with Gasteiger partial charge < -0.3 is 9.64 Å². The standard InChI is InChI=1S/C15H23NO/c1-4-8-16-10-12(2)15(11-16)13-6-5-7-14(9-13)17-3/h5-7,9,12,15H,4,8,10-11H2,1-3H3. The van der Waals surface area contributed by atoms with Crippen LogP contribution in [-0.4, -0.2) is 31.6 Å².